The minimum atomic E-state index is -4.47. The van der Waals surface area contributed by atoms with Crippen molar-refractivity contribution < 1.29 is 27.5 Å². The molecule has 2 atom stereocenters. The number of rotatable bonds is 7. The number of amides is 2. The van der Waals surface area contributed by atoms with E-state index in [0.29, 0.717) is 22.6 Å². The molecule has 9 nitrogen and oxygen atoms in total. The SMILES string of the molecule is CNC(=O)c1ccc(OC)c(NCC#Cc2cc(C(=O)NC3[C@H](C)CN(C)C[C@H]3C)c3ncn(CC(F)(F)F)c3c2)c1. The van der Waals surface area contributed by atoms with Crippen LogP contribution in [0, 0.1) is 23.7 Å². The van der Waals surface area contributed by atoms with Crippen molar-refractivity contribution in [2.75, 3.05) is 46.2 Å². The van der Waals surface area contributed by atoms with Gasteiger partial charge in [-0.2, -0.15) is 13.2 Å². The number of nitrogens with zero attached hydrogens (tertiary/aromatic N) is 3. The fourth-order valence-electron chi connectivity index (χ4n) is 5.50. The Balaban J connectivity index is 1.63. The van der Waals surface area contributed by atoms with Crippen molar-refractivity contribution in [2.45, 2.75) is 32.6 Å². The van der Waals surface area contributed by atoms with Gasteiger partial charge in [-0.25, -0.2) is 4.98 Å². The first-order valence-electron chi connectivity index (χ1n) is 13.6. The van der Waals surface area contributed by atoms with Gasteiger partial charge in [0.15, 0.2) is 0 Å². The number of piperidine rings is 1. The summed E-state index contributed by atoms with van der Waals surface area (Å²) in [6.45, 7) is 4.67. The number of alkyl halides is 3. The second-order valence-electron chi connectivity index (χ2n) is 10.7. The summed E-state index contributed by atoms with van der Waals surface area (Å²) in [5.74, 6) is 6.13. The van der Waals surface area contributed by atoms with Crippen LogP contribution in [0.5, 0.6) is 5.75 Å². The number of anilines is 1. The summed E-state index contributed by atoms with van der Waals surface area (Å²) in [5.41, 5.74) is 1.87. The highest BCUT2D eigenvalue weighted by atomic mass is 19.4. The van der Waals surface area contributed by atoms with Gasteiger partial charge >= 0.3 is 6.18 Å². The predicted octanol–water partition coefficient (Wildman–Crippen LogP) is 3.75. The standard InChI is InChI=1S/C30H35F3N6O3/c1-18-14-38(4)15-19(2)26(18)37-29(41)22-11-20(12-24-27(22)36-17-39(24)16-30(31,32)33)7-6-10-35-23-13-21(28(40)34-3)8-9-25(23)42-5/h8-9,11-13,17-19,26,35H,10,14-16H2,1-5H3,(H,34,40)(H,37,41)/t18-,19-/m1/s1. The van der Waals surface area contributed by atoms with Crippen LogP contribution in [0.25, 0.3) is 11.0 Å². The van der Waals surface area contributed by atoms with E-state index in [9.17, 15) is 22.8 Å². The predicted molar refractivity (Wildman–Crippen MR) is 155 cm³/mol. The average Bonchev–Trinajstić information content (AvgIpc) is 3.32. The van der Waals surface area contributed by atoms with Gasteiger partial charge < -0.3 is 30.2 Å². The van der Waals surface area contributed by atoms with Crippen molar-refractivity contribution in [1.82, 2.24) is 25.1 Å². The van der Waals surface area contributed by atoms with E-state index in [1.54, 1.807) is 24.3 Å². The quantitative estimate of drug-likeness (QED) is 0.366. The summed E-state index contributed by atoms with van der Waals surface area (Å²) in [7, 11) is 5.07. The Labute approximate surface area is 242 Å². The molecule has 0 radical (unpaired) electrons. The molecular formula is C30H35F3N6O3. The fraction of sp³-hybridized carbons (Fsp3) is 0.433. The molecule has 0 bridgehead atoms. The van der Waals surface area contributed by atoms with Crippen LogP contribution in [0.4, 0.5) is 18.9 Å². The number of hydrogen-bond acceptors (Lipinski definition) is 6. The van der Waals surface area contributed by atoms with Crippen molar-refractivity contribution >= 4 is 28.5 Å². The first-order valence-corrected chi connectivity index (χ1v) is 13.6. The number of halogens is 3. The van der Waals surface area contributed by atoms with Gasteiger partial charge in [-0.05, 0) is 49.2 Å². The Hall–Kier alpha value is -4.24. The number of nitrogens with one attached hydrogen (secondary N) is 3. The van der Waals surface area contributed by atoms with Gasteiger partial charge in [-0.3, -0.25) is 9.59 Å². The van der Waals surface area contributed by atoms with Crippen molar-refractivity contribution in [3.05, 3.63) is 53.3 Å². The van der Waals surface area contributed by atoms with Gasteiger partial charge in [-0.15, -0.1) is 0 Å². The molecule has 12 heteroatoms. The third-order valence-corrected chi connectivity index (χ3v) is 7.33. The van der Waals surface area contributed by atoms with Crippen LogP contribution in [0.2, 0.25) is 0 Å². The molecule has 1 aliphatic heterocycles. The summed E-state index contributed by atoms with van der Waals surface area (Å²) in [6.07, 6.45) is -3.37. The van der Waals surface area contributed by atoms with Gasteiger partial charge in [0.1, 0.15) is 17.8 Å². The van der Waals surface area contributed by atoms with Crippen molar-refractivity contribution in [2.24, 2.45) is 11.8 Å². The monoisotopic (exact) mass is 584 g/mol. The summed E-state index contributed by atoms with van der Waals surface area (Å²) < 4.78 is 46.2. The number of methoxy groups -OCH3 is 1. The lowest BCUT2D eigenvalue weighted by Crippen LogP contribution is -2.53. The van der Waals surface area contributed by atoms with Crippen molar-refractivity contribution in [3.8, 4) is 17.6 Å². The number of ether oxygens (including phenoxy) is 1. The van der Waals surface area contributed by atoms with Gasteiger partial charge in [0.05, 0.1) is 36.7 Å². The normalized spacial score (nSPS) is 17.8. The molecule has 224 valence electrons. The van der Waals surface area contributed by atoms with E-state index < -0.39 is 18.6 Å². The lowest BCUT2D eigenvalue weighted by molar-refractivity contribution is -0.139. The highest BCUT2D eigenvalue weighted by Gasteiger charge is 2.33. The molecule has 1 aromatic heterocycles. The van der Waals surface area contributed by atoms with E-state index in [1.807, 2.05) is 7.05 Å². The highest BCUT2D eigenvalue weighted by molar-refractivity contribution is 6.05. The molecule has 4 rings (SSSR count). The summed E-state index contributed by atoms with van der Waals surface area (Å²) in [4.78, 5) is 32.0. The molecule has 2 aromatic carbocycles. The van der Waals surface area contributed by atoms with Crippen LogP contribution >= 0.6 is 0 Å². The van der Waals surface area contributed by atoms with Gasteiger partial charge in [0.25, 0.3) is 11.8 Å². The smallest absolute Gasteiger partial charge is 0.406 e. The molecule has 0 spiro atoms. The van der Waals surface area contributed by atoms with E-state index in [1.165, 1.54) is 20.2 Å². The second kappa shape index (κ2) is 12.7. The number of hydrogen-bond donors (Lipinski definition) is 3. The number of benzene rings is 2. The molecule has 0 unspecified atom stereocenters. The third kappa shape index (κ3) is 7.15. The van der Waals surface area contributed by atoms with Gasteiger partial charge in [0.2, 0.25) is 0 Å². The molecule has 1 fully saturated rings. The number of aromatic nitrogens is 2. The topological polar surface area (TPSA) is 101 Å². The molecular weight excluding hydrogens is 549 g/mol. The maximum atomic E-state index is 13.5. The van der Waals surface area contributed by atoms with Crippen LogP contribution in [0.3, 0.4) is 0 Å². The first-order chi connectivity index (χ1) is 19.9. The molecule has 3 aromatic rings. The number of likely N-dealkylation sites (tertiary alicyclic amines) is 1. The Morgan fingerprint density at radius 1 is 1.12 bits per heavy atom. The van der Waals surface area contributed by atoms with Crippen molar-refractivity contribution in [1.29, 1.82) is 0 Å². The Bertz CT molecular complexity index is 1510. The highest BCUT2D eigenvalue weighted by Crippen LogP contribution is 2.27. The molecule has 0 aliphatic carbocycles. The van der Waals surface area contributed by atoms with E-state index in [0.717, 1.165) is 24.0 Å². The van der Waals surface area contributed by atoms with Gasteiger partial charge in [-0.1, -0.05) is 25.7 Å². The average molecular weight is 585 g/mol. The molecule has 2 amide bonds. The number of fused-ring (bicyclic) bond motifs is 1. The van der Waals surface area contributed by atoms with Gasteiger partial charge in [0, 0.05) is 37.3 Å². The molecule has 1 saturated heterocycles. The molecule has 42 heavy (non-hydrogen) atoms. The molecule has 1 aliphatic rings. The summed E-state index contributed by atoms with van der Waals surface area (Å²) in [6, 6.07) is 7.90. The zero-order valence-corrected chi connectivity index (χ0v) is 24.2. The number of carbonyl (C=O) groups is 2. The first kappa shape index (κ1) is 30.7. The Morgan fingerprint density at radius 2 is 1.83 bits per heavy atom. The third-order valence-electron chi connectivity index (χ3n) is 7.33. The maximum absolute atomic E-state index is 13.5. The Kier molecular flexibility index (Phi) is 9.31. The fourth-order valence-corrected chi connectivity index (χ4v) is 5.50. The number of carbonyl (C=O) groups excluding carboxylic acids is 2. The van der Waals surface area contributed by atoms with E-state index in [4.69, 9.17) is 4.74 Å². The minimum absolute atomic E-state index is 0.0968. The van der Waals surface area contributed by atoms with Crippen LogP contribution in [0.1, 0.15) is 40.1 Å². The Morgan fingerprint density at radius 3 is 2.48 bits per heavy atom. The number of imidazole rings is 1. The van der Waals surface area contributed by atoms with Crippen LogP contribution in [-0.2, 0) is 6.54 Å². The summed E-state index contributed by atoms with van der Waals surface area (Å²) in [5, 5.41) is 8.78. The van der Waals surface area contributed by atoms with E-state index in [-0.39, 0.29) is 46.9 Å². The lowest BCUT2D eigenvalue weighted by Gasteiger charge is -2.40. The van der Waals surface area contributed by atoms with E-state index >= 15 is 0 Å². The zero-order chi connectivity index (χ0) is 30.6. The van der Waals surface area contributed by atoms with E-state index in [2.05, 4.69) is 51.5 Å². The maximum Gasteiger partial charge on any atom is 0.406 e. The van der Waals surface area contributed by atoms with Crippen LogP contribution in [-0.4, -0.2) is 79.3 Å². The molecule has 2 heterocycles. The zero-order valence-electron chi connectivity index (χ0n) is 24.2. The van der Waals surface area contributed by atoms with Crippen LogP contribution < -0.4 is 20.7 Å². The summed E-state index contributed by atoms with van der Waals surface area (Å²) >= 11 is 0. The molecule has 3 N–H and O–H groups in total. The lowest BCUT2D eigenvalue weighted by atomic mass is 9.86. The largest absolute Gasteiger partial charge is 0.495 e. The van der Waals surface area contributed by atoms with Crippen molar-refractivity contribution in [3.63, 3.8) is 0 Å². The second-order valence-corrected chi connectivity index (χ2v) is 10.7. The van der Waals surface area contributed by atoms with Crippen LogP contribution in [0.15, 0.2) is 36.7 Å². The molecule has 0 saturated carbocycles. The minimum Gasteiger partial charge on any atom is -0.495 e.